The maximum Gasteiger partial charge on any atom is 0.328 e. The van der Waals surface area contributed by atoms with E-state index in [2.05, 4.69) is 4.74 Å². The predicted octanol–water partition coefficient (Wildman–Crippen LogP) is -2.00. The van der Waals surface area contributed by atoms with Crippen LogP contribution in [-0.2, 0) is 11.3 Å². The topological polar surface area (TPSA) is 105 Å². The van der Waals surface area contributed by atoms with Crippen molar-refractivity contribution < 1.29 is 19.3 Å². The Hall–Kier alpha value is -1.51. The lowest BCUT2D eigenvalue weighted by Crippen LogP contribution is -2.38. The first-order valence-electron chi connectivity index (χ1n) is 4.34. The van der Waals surface area contributed by atoms with Crippen LogP contribution >= 0.6 is 0 Å². The third kappa shape index (κ3) is 2.75. The molecule has 0 aliphatic heterocycles. The minimum absolute atomic E-state index is 0.401. The van der Waals surface area contributed by atoms with Crippen LogP contribution < -0.4 is 11.2 Å². The van der Waals surface area contributed by atoms with Gasteiger partial charge in [-0.25, -0.2) is 4.79 Å². The lowest BCUT2D eigenvalue weighted by molar-refractivity contribution is -0.148. The zero-order valence-corrected chi connectivity index (χ0v) is 8.38. The lowest BCUT2D eigenvalue weighted by atomic mass is 10.3. The van der Waals surface area contributed by atoms with Gasteiger partial charge in [-0.15, -0.1) is 0 Å². The number of aromatic amines is 1. The summed E-state index contributed by atoms with van der Waals surface area (Å²) in [6.07, 6.45) is -2.26. The van der Waals surface area contributed by atoms with Gasteiger partial charge in [0.25, 0.3) is 5.56 Å². The number of methoxy groups -OCH3 is 1. The molecule has 0 aliphatic rings. The Labute approximate surface area is 88.7 Å². The summed E-state index contributed by atoms with van der Waals surface area (Å²) < 4.78 is 17.9. The van der Waals surface area contributed by atoms with Gasteiger partial charge in [-0.2, -0.15) is 4.39 Å². The number of rotatable bonds is 4. The molecule has 2 atom stereocenters. The van der Waals surface area contributed by atoms with E-state index in [1.54, 1.807) is 4.98 Å². The molecule has 7 nitrogen and oxygen atoms in total. The zero-order chi connectivity index (χ0) is 12.3. The summed E-state index contributed by atoms with van der Waals surface area (Å²) in [4.78, 5) is 23.5. The molecule has 0 saturated carbocycles. The van der Waals surface area contributed by atoms with Crippen LogP contribution in [0.15, 0.2) is 15.8 Å². The molecule has 3 N–H and O–H groups in total. The second kappa shape index (κ2) is 5.01. The molecule has 1 aromatic rings. The Morgan fingerprint density at radius 1 is 1.56 bits per heavy atom. The number of halogens is 1. The molecule has 0 aromatic carbocycles. The molecule has 0 fully saturated rings. The number of nitrogens with one attached hydrogen (secondary N) is 1. The molecule has 0 saturated heterocycles. The summed E-state index contributed by atoms with van der Waals surface area (Å²) in [5.41, 5.74) is -2.02. The largest absolute Gasteiger partial charge is 0.386 e. The number of H-pyrrole nitrogens is 1. The van der Waals surface area contributed by atoms with Gasteiger partial charge >= 0.3 is 5.69 Å². The van der Waals surface area contributed by atoms with Crippen molar-refractivity contribution in [2.45, 2.75) is 18.9 Å². The van der Waals surface area contributed by atoms with Crippen molar-refractivity contribution in [1.82, 2.24) is 9.55 Å². The first-order valence-corrected chi connectivity index (χ1v) is 4.34. The van der Waals surface area contributed by atoms with Crippen molar-refractivity contribution in [3.05, 3.63) is 32.9 Å². The number of nitrogens with zero attached hydrogens (tertiary/aromatic N) is 1. The highest BCUT2D eigenvalue weighted by atomic mass is 19.1. The molecule has 0 amide bonds. The van der Waals surface area contributed by atoms with Crippen molar-refractivity contribution >= 4 is 0 Å². The van der Waals surface area contributed by atoms with Crippen LogP contribution in [0.1, 0.15) is 0 Å². The summed E-state index contributed by atoms with van der Waals surface area (Å²) in [7, 11) is 1.16. The predicted molar refractivity (Wildman–Crippen MR) is 50.3 cm³/mol. The van der Waals surface area contributed by atoms with E-state index in [9.17, 15) is 19.1 Å². The third-order valence-corrected chi connectivity index (χ3v) is 1.92. The molecule has 0 aliphatic carbocycles. The second-order valence-corrected chi connectivity index (χ2v) is 3.08. The Balaban J connectivity index is 2.94. The zero-order valence-electron chi connectivity index (χ0n) is 8.38. The monoisotopic (exact) mass is 234 g/mol. The van der Waals surface area contributed by atoms with Crippen LogP contribution in [0, 0.1) is 5.82 Å². The number of aliphatic hydroxyl groups excluding tert-OH is 2. The molecule has 1 aromatic heterocycles. The maximum absolute atomic E-state index is 12.8. The van der Waals surface area contributed by atoms with Gasteiger partial charge in [0.05, 0.1) is 12.7 Å². The van der Waals surface area contributed by atoms with Gasteiger partial charge in [0, 0.05) is 7.11 Å². The van der Waals surface area contributed by atoms with Gasteiger partial charge in [-0.05, 0) is 0 Å². The molecular formula is C8H11FN2O5. The highest BCUT2D eigenvalue weighted by molar-refractivity contribution is 4.87. The number of hydrogen-bond acceptors (Lipinski definition) is 5. The average molecular weight is 234 g/mol. The minimum Gasteiger partial charge on any atom is -0.386 e. The van der Waals surface area contributed by atoms with Crippen LogP contribution in [0.25, 0.3) is 0 Å². The summed E-state index contributed by atoms with van der Waals surface area (Å²) in [6.45, 7) is -0.401. The summed E-state index contributed by atoms with van der Waals surface area (Å²) in [6, 6.07) is 0. The van der Waals surface area contributed by atoms with Crippen molar-refractivity contribution in [2.24, 2.45) is 0 Å². The molecule has 2 unspecified atom stereocenters. The highest BCUT2D eigenvalue weighted by Crippen LogP contribution is 1.97. The van der Waals surface area contributed by atoms with E-state index in [0.717, 1.165) is 11.7 Å². The maximum atomic E-state index is 12.8. The smallest absolute Gasteiger partial charge is 0.328 e. The minimum atomic E-state index is -1.50. The fourth-order valence-corrected chi connectivity index (χ4v) is 1.07. The first-order chi connectivity index (χ1) is 7.45. The molecule has 0 bridgehead atoms. The molecule has 90 valence electrons. The van der Waals surface area contributed by atoms with Crippen molar-refractivity contribution in [3.8, 4) is 0 Å². The highest BCUT2D eigenvalue weighted by Gasteiger charge is 2.17. The number of aromatic nitrogens is 2. The molecule has 0 spiro atoms. The van der Waals surface area contributed by atoms with Gasteiger partial charge in [0.1, 0.15) is 6.10 Å². The van der Waals surface area contributed by atoms with Crippen LogP contribution in [0.4, 0.5) is 4.39 Å². The van der Waals surface area contributed by atoms with Crippen LogP contribution in [-0.4, -0.2) is 39.3 Å². The van der Waals surface area contributed by atoms with Gasteiger partial charge in [0.15, 0.2) is 6.29 Å². The molecular weight excluding hydrogens is 223 g/mol. The lowest BCUT2D eigenvalue weighted by Gasteiger charge is -2.16. The van der Waals surface area contributed by atoms with E-state index >= 15 is 0 Å². The summed E-state index contributed by atoms with van der Waals surface area (Å²) in [5.74, 6) is -1.15. The first kappa shape index (κ1) is 12.6. The molecule has 8 heteroatoms. The normalized spacial score (nSPS) is 14.8. The van der Waals surface area contributed by atoms with Gasteiger partial charge in [0.2, 0.25) is 5.82 Å². The Bertz CT molecular complexity index is 468. The van der Waals surface area contributed by atoms with Crippen LogP contribution in [0.5, 0.6) is 0 Å². The fraction of sp³-hybridized carbons (Fsp3) is 0.500. The number of ether oxygens (including phenoxy) is 1. The van der Waals surface area contributed by atoms with Crippen molar-refractivity contribution in [3.63, 3.8) is 0 Å². The van der Waals surface area contributed by atoms with Crippen LogP contribution in [0.2, 0.25) is 0 Å². The Morgan fingerprint density at radius 2 is 2.19 bits per heavy atom. The third-order valence-electron chi connectivity index (χ3n) is 1.92. The van der Waals surface area contributed by atoms with Crippen molar-refractivity contribution in [2.75, 3.05) is 7.11 Å². The summed E-state index contributed by atoms with van der Waals surface area (Å²) in [5, 5.41) is 18.4. The molecule has 1 heterocycles. The van der Waals surface area contributed by atoms with Gasteiger partial charge < -0.3 is 14.9 Å². The Morgan fingerprint density at radius 3 is 2.75 bits per heavy atom. The SMILES string of the molecule is COC(O)C(O)Cn1cc(F)c(=O)[nH]c1=O. The molecule has 0 radical (unpaired) electrons. The quantitative estimate of drug-likeness (QED) is 0.523. The van der Waals surface area contributed by atoms with E-state index in [1.165, 1.54) is 0 Å². The summed E-state index contributed by atoms with van der Waals surface area (Å²) >= 11 is 0. The average Bonchev–Trinajstić information content (AvgIpc) is 2.24. The van der Waals surface area contributed by atoms with E-state index in [-0.39, 0.29) is 0 Å². The van der Waals surface area contributed by atoms with E-state index in [1.807, 2.05) is 0 Å². The van der Waals surface area contributed by atoms with E-state index < -0.39 is 36.0 Å². The van der Waals surface area contributed by atoms with Crippen LogP contribution in [0.3, 0.4) is 0 Å². The standard InChI is InChI=1S/C8H11FN2O5/c1-16-7(14)5(12)3-11-2-4(9)6(13)10-8(11)15/h2,5,7,12,14H,3H2,1H3,(H,10,13,15). The molecule has 1 rings (SSSR count). The Kier molecular flexibility index (Phi) is 3.93. The second-order valence-electron chi connectivity index (χ2n) is 3.08. The van der Waals surface area contributed by atoms with Gasteiger partial charge in [-0.3, -0.25) is 14.3 Å². The van der Waals surface area contributed by atoms with Crippen molar-refractivity contribution in [1.29, 1.82) is 0 Å². The van der Waals surface area contributed by atoms with E-state index in [4.69, 9.17) is 5.11 Å². The number of hydrogen-bond donors (Lipinski definition) is 3. The van der Waals surface area contributed by atoms with Gasteiger partial charge in [-0.1, -0.05) is 0 Å². The molecule has 16 heavy (non-hydrogen) atoms. The number of aliphatic hydroxyl groups is 2. The van der Waals surface area contributed by atoms with E-state index in [0.29, 0.717) is 6.20 Å². The fourth-order valence-electron chi connectivity index (χ4n) is 1.07.